The van der Waals surface area contributed by atoms with Gasteiger partial charge in [-0.1, -0.05) is 11.6 Å². The molecule has 1 aromatic heterocycles. The van der Waals surface area contributed by atoms with Gasteiger partial charge in [0.15, 0.2) is 0 Å². The van der Waals surface area contributed by atoms with E-state index in [1.807, 2.05) is 6.07 Å². The molecule has 7 nitrogen and oxygen atoms in total. The van der Waals surface area contributed by atoms with Crippen molar-refractivity contribution < 1.29 is 17.9 Å². The number of hydrogen-bond donors (Lipinski definition) is 2. The Balaban J connectivity index is 2.25. The molecule has 0 amide bonds. The molecule has 0 aliphatic rings. The fourth-order valence-electron chi connectivity index (χ4n) is 1.59. The lowest BCUT2D eigenvalue weighted by Gasteiger charge is -2.13. The fourth-order valence-corrected chi connectivity index (χ4v) is 1.79. The number of alkyl halides is 3. The Morgan fingerprint density at radius 2 is 2.22 bits per heavy atom. The highest BCUT2D eigenvalue weighted by molar-refractivity contribution is 6.32. The van der Waals surface area contributed by atoms with Gasteiger partial charge in [-0.3, -0.25) is 0 Å². The number of halogens is 4. The summed E-state index contributed by atoms with van der Waals surface area (Å²) < 4.78 is 40.6. The van der Waals surface area contributed by atoms with Crippen LogP contribution in [-0.2, 0) is 0 Å². The summed E-state index contributed by atoms with van der Waals surface area (Å²) in [5.74, 6) is -0.439. The molecular weight excluding hydrogens is 337 g/mol. The van der Waals surface area contributed by atoms with E-state index in [0.29, 0.717) is 11.3 Å². The average Bonchev–Trinajstić information content (AvgIpc) is 2.97. The quantitative estimate of drug-likeness (QED) is 0.827. The first kappa shape index (κ1) is 16.6. The van der Waals surface area contributed by atoms with Gasteiger partial charge in [-0.2, -0.15) is 10.5 Å². The van der Waals surface area contributed by atoms with E-state index in [1.54, 1.807) is 6.92 Å². The zero-order valence-electron chi connectivity index (χ0n) is 11.4. The second kappa shape index (κ2) is 6.53. The highest BCUT2D eigenvalue weighted by Gasteiger charge is 2.32. The molecule has 0 aliphatic carbocycles. The van der Waals surface area contributed by atoms with Crippen LogP contribution in [0, 0.1) is 18.3 Å². The summed E-state index contributed by atoms with van der Waals surface area (Å²) in [7, 11) is 0. The predicted octanol–water partition coefficient (Wildman–Crippen LogP) is 3.04. The van der Waals surface area contributed by atoms with Crippen LogP contribution >= 0.6 is 11.6 Å². The summed E-state index contributed by atoms with van der Waals surface area (Å²) in [4.78, 5) is 0. The van der Waals surface area contributed by atoms with Crippen LogP contribution in [0.3, 0.4) is 0 Å². The second-order valence-electron chi connectivity index (χ2n) is 4.19. The van der Waals surface area contributed by atoms with E-state index in [2.05, 4.69) is 30.7 Å². The van der Waals surface area contributed by atoms with Crippen LogP contribution in [-0.4, -0.2) is 27.0 Å². The number of H-pyrrole nitrogens is 1. The number of aromatic amines is 1. The molecule has 0 radical (unpaired) electrons. The van der Waals surface area contributed by atoms with E-state index < -0.39 is 12.1 Å². The molecule has 2 rings (SSSR count). The first-order valence-corrected chi connectivity index (χ1v) is 6.34. The van der Waals surface area contributed by atoms with Gasteiger partial charge < -0.3 is 10.1 Å². The average molecular weight is 345 g/mol. The maximum atomic E-state index is 12.2. The van der Waals surface area contributed by atoms with E-state index in [9.17, 15) is 13.2 Å². The molecule has 0 bridgehead atoms. The van der Waals surface area contributed by atoms with Gasteiger partial charge in [0.25, 0.3) is 0 Å². The number of allylic oxidation sites excluding steroid dienone is 1. The minimum absolute atomic E-state index is 0.0702. The third-order valence-electron chi connectivity index (χ3n) is 2.58. The van der Waals surface area contributed by atoms with Crippen molar-refractivity contribution >= 4 is 22.9 Å². The topological polar surface area (TPSA) is 99.5 Å². The molecule has 0 unspecified atom stereocenters. The SMILES string of the molecule is Cc1cc(OC(F)(F)F)c(Cl)cc1NC=C(C#N)c1nn[nH]n1. The molecule has 11 heteroatoms. The van der Waals surface area contributed by atoms with Crippen molar-refractivity contribution in [2.24, 2.45) is 0 Å². The van der Waals surface area contributed by atoms with Crippen molar-refractivity contribution in [3.63, 3.8) is 0 Å². The van der Waals surface area contributed by atoms with Crippen LogP contribution in [0.25, 0.3) is 5.57 Å². The molecule has 0 atom stereocenters. The summed E-state index contributed by atoms with van der Waals surface area (Å²) in [6.45, 7) is 1.55. The molecule has 0 spiro atoms. The normalized spacial score (nSPS) is 11.9. The molecule has 120 valence electrons. The molecule has 0 fully saturated rings. The van der Waals surface area contributed by atoms with Gasteiger partial charge in [-0.25, -0.2) is 0 Å². The number of aromatic nitrogens is 4. The van der Waals surface area contributed by atoms with Crippen molar-refractivity contribution in [3.8, 4) is 11.8 Å². The minimum atomic E-state index is -4.84. The highest BCUT2D eigenvalue weighted by Crippen LogP contribution is 2.34. The van der Waals surface area contributed by atoms with Crippen molar-refractivity contribution in [1.29, 1.82) is 5.26 Å². The van der Waals surface area contributed by atoms with Gasteiger partial charge in [0.05, 0.1) is 5.02 Å². The van der Waals surface area contributed by atoms with Gasteiger partial charge in [-0.05, 0) is 29.8 Å². The summed E-state index contributed by atoms with van der Waals surface area (Å²) in [6, 6.07) is 4.24. The number of benzene rings is 1. The third kappa shape index (κ3) is 4.33. The van der Waals surface area contributed by atoms with Crippen molar-refractivity contribution in [2.45, 2.75) is 13.3 Å². The van der Waals surface area contributed by atoms with Gasteiger partial charge in [0.2, 0.25) is 5.82 Å². The Bertz CT molecular complexity index is 766. The Morgan fingerprint density at radius 3 is 2.78 bits per heavy atom. The fraction of sp³-hybridized carbons (Fsp3) is 0.167. The number of aryl methyl sites for hydroxylation is 1. The van der Waals surface area contributed by atoms with Crippen LogP contribution in [0.1, 0.15) is 11.4 Å². The number of tetrazole rings is 1. The first-order valence-electron chi connectivity index (χ1n) is 5.96. The number of nitrogens with one attached hydrogen (secondary N) is 2. The minimum Gasteiger partial charge on any atom is -0.404 e. The molecular formula is C12H8ClF3N6O. The molecule has 2 aromatic rings. The van der Waals surface area contributed by atoms with Crippen LogP contribution in [0.4, 0.5) is 18.9 Å². The summed E-state index contributed by atoms with van der Waals surface area (Å²) >= 11 is 5.77. The Hall–Kier alpha value is -2.80. The highest BCUT2D eigenvalue weighted by atomic mass is 35.5. The maximum Gasteiger partial charge on any atom is 0.573 e. The van der Waals surface area contributed by atoms with Crippen LogP contribution in [0.15, 0.2) is 18.3 Å². The smallest absolute Gasteiger partial charge is 0.404 e. The molecule has 1 heterocycles. The van der Waals surface area contributed by atoms with E-state index in [-0.39, 0.29) is 16.4 Å². The van der Waals surface area contributed by atoms with Gasteiger partial charge in [0.1, 0.15) is 17.4 Å². The number of nitriles is 1. The lowest BCUT2D eigenvalue weighted by atomic mass is 10.2. The molecule has 2 N–H and O–H groups in total. The third-order valence-corrected chi connectivity index (χ3v) is 2.88. The van der Waals surface area contributed by atoms with E-state index in [4.69, 9.17) is 16.9 Å². The van der Waals surface area contributed by atoms with E-state index in [0.717, 1.165) is 6.07 Å². The Labute approximate surface area is 132 Å². The summed E-state index contributed by atoms with van der Waals surface area (Å²) in [6.07, 6.45) is -3.55. The van der Waals surface area contributed by atoms with Gasteiger partial charge in [0, 0.05) is 11.9 Å². The predicted molar refractivity (Wildman–Crippen MR) is 74.3 cm³/mol. The molecule has 1 aromatic carbocycles. The number of nitrogens with zero attached hydrogens (tertiary/aromatic N) is 4. The molecule has 23 heavy (non-hydrogen) atoms. The maximum absolute atomic E-state index is 12.2. The van der Waals surface area contributed by atoms with E-state index in [1.165, 1.54) is 12.3 Å². The standard InChI is InChI=1S/C12H8ClF3N6O/c1-6-2-10(23-12(14,15)16)8(13)3-9(6)18-5-7(4-17)11-19-21-22-20-11/h2-3,5,18H,1H3,(H,19,20,21,22). The molecule has 0 saturated heterocycles. The van der Waals surface area contributed by atoms with Crippen molar-refractivity contribution in [2.75, 3.05) is 5.32 Å². The van der Waals surface area contributed by atoms with Crippen molar-refractivity contribution in [3.05, 3.63) is 34.7 Å². The summed E-state index contributed by atoms with van der Waals surface area (Å²) in [5, 5.41) is 24.4. The lowest BCUT2D eigenvalue weighted by Crippen LogP contribution is -2.17. The van der Waals surface area contributed by atoms with Gasteiger partial charge >= 0.3 is 6.36 Å². The Morgan fingerprint density at radius 1 is 1.48 bits per heavy atom. The second-order valence-corrected chi connectivity index (χ2v) is 4.60. The lowest BCUT2D eigenvalue weighted by molar-refractivity contribution is -0.274. The van der Waals surface area contributed by atoms with Crippen LogP contribution in [0.5, 0.6) is 5.75 Å². The zero-order chi connectivity index (χ0) is 17.0. The van der Waals surface area contributed by atoms with E-state index >= 15 is 0 Å². The number of anilines is 1. The zero-order valence-corrected chi connectivity index (χ0v) is 12.2. The Kier molecular flexibility index (Phi) is 4.71. The monoisotopic (exact) mass is 344 g/mol. The molecule has 0 saturated carbocycles. The number of rotatable bonds is 4. The largest absolute Gasteiger partial charge is 0.573 e. The van der Waals surface area contributed by atoms with Crippen molar-refractivity contribution in [1.82, 2.24) is 20.6 Å². The summed E-state index contributed by atoms with van der Waals surface area (Å²) in [5.41, 5.74) is 0.890. The van der Waals surface area contributed by atoms with Gasteiger partial charge in [-0.15, -0.1) is 23.4 Å². The molecule has 0 aliphatic heterocycles. The van der Waals surface area contributed by atoms with Crippen LogP contribution in [0.2, 0.25) is 5.02 Å². The first-order chi connectivity index (χ1) is 10.8. The number of hydrogen-bond acceptors (Lipinski definition) is 6. The van der Waals surface area contributed by atoms with Crippen LogP contribution < -0.4 is 10.1 Å². The number of ether oxygens (including phenoxy) is 1.